The molecule has 0 bridgehead atoms. The molecule has 29 heavy (non-hydrogen) atoms. The van der Waals surface area contributed by atoms with Crippen molar-refractivity contribution >= 4 is 11.9 Å². The lowest BCUT2D eigenvalue weighted by Gasteiger charge is -2.09. The van der Waals surface area contributed by atoms with E-state index in [1.54, 1.807) is 38.1 Å². The molecule has 4 N–H and O–H groups in total. The van der Waals surface area contributed by atoms with Crippen molar-refractivity contribution in [2.45, 2.75) is 20.4 Å². The van der Waals surface area contributed by atoms with Crippen molar-refractivity contribution in [2.75, 3.05) is 0 Å². The third-order valence-electron chi connectivity index (χ3n) is 4.49. The summed E-state index contributed by atoms with van der Waals surface area (Å²) in [6.07, 6.45) is 0. The number of hydrogen-bond donors (Lipinski definition) is 4. The maximum Gasteiger partial charge on any atom is 0.335 e. The molecular weight excluding hydrogens is 374 g/mol. The van der Waals surface area contributed by atoms with Gasteiger partial charge >= 0.3 is 5.97 Å². The van der Waals surface area contributed by atoms with E-state index in [2.05, 4.69) is 15.5 Å². The molecule has 0 saturated carbocycles. The van der Waals surface area contributed by atoms with E-state index in [1.165, 1.54) is 18.2 Å². The summed E-state index contributed by atoms with van der Waals surface area (Å²) in [6, 6.07) is 10.9. The molecule has 0 radical (unpaired) electrons. The second-order valence-electron chi connectivity index (χ2n) is 6.64. The first kappa shape index (κ1) is 19.8. The molecule has 148 valence electrons. The van der Waals surface area contributed by atoms with Crippen LogP contribution in [0.25, 0.3) is 11.3 Å². The van der Waals surface area contributed by atoms with Crippen LogP contribution in [0.3, 0.4) is 0 Å². The van der Waals surface area contributed by atoms with Gasteiger partial charge in [0.25, 0.3) is 11.5 Å². The van der Waals surface area contributed by atoms with Crippen molar-refractivity contribution in [3.05, 3.63) is 80.6 Å². The fourth-order valence-corrected chi connectivity index (χ4v) is 2.87. The highest BCUT2D eigenvalue weighted by Crippen LogP contribution is 2.27. The molecule has 3 rings (SSSR count). The van der Waals surface area contributed by atoms with Gasteiger partial charge in [-0.25, -0.2) is 9.89 Å². The molecule has 0 spiro atoms. The summed E-state index contributed by atoms with van der Waals surface area (Å²) in [6.45, 7) is 3.63. The van der Waals surface area contributed by atoms with Crippen LogP contribution >= 0.6 is 0 Å². The number of aromatic carboxylic acids is 1. The van der Waals surface area contributed by atoms with Crippen LogP contribution in [0.5, 0.6) is 5.75 Å². The quantitative estimate of drug-likeness (QED) is 0.526. The first-order chi connectivity index (χ1) is 13.8. The Kier molecular flexibility index (Phi) is 5.45. The molecule has 0 aliphatic rings. The number of aromatic nitrogens is 2. The zero-order chi connectivity index (χ0) is 21.1. The van der Waals surface area contributed by atoms with Crippen molar-refractivity contribution in [1.29, 1.82) is 0 Å². The molecule has 8 heteroatoms. The molecule has 2 aromatic carbocycles. The number of H-pyrrole nitrogens is 1. The van der Waals surface area contributed by atoms with Gasteiger partial charge in [-0.3, -0.25) is 9.59 Å². The summed E-state index contributed by atoms with van der Waals surface area (Å²) < 4.78 is 0. The molecule has 1 heterocycles. The molecule has 1 amide bonds. The lowest BCUT2D eigenvalue weighted by atomic mass is 10.0. The SMILES string of the molecule is Cc1cc(-c2cc(C(=O)NCc3ccc(C(=O)O)cc3)c(=O)[nH]n2)cc(C)c1O. The van der Waals surface area contributed by atoms with Gasteiger partial charge in [-0.15, -0.1) is 0 Å². The fraction of sp³-hybridized carbons (Fsp3) is 0.143. The Balaban J connectivity index is 1.81. The minimum atomic E-state index is -1.03. The Bertz CT molecular complexity index is 1130. The van der Waals surface area contributed by atoms with Crippen molar-refractivity contribution in [2.24, 2.45) is 0 Å². The number of nitrogens with one attached hydrogen (secondary N) is 2. The summed E-state index contributed by atoms with van der Waals surface area (Å²) in [5.74, 6) is -1.43. The van der Waals surface area contributed by atoms with E-state index in [-0.39, 0.29) is 23.4 Å². The van der Waals surface area contributed by atoms with Gasteiger partial charge in [-0.05, 0) is 60.9 Å². The first-order valence-corrected chi connectivity index (χ1v) is 8.77. The number of hydrogen-bond acceptors (Lipinski definition) is 5. The van der Waals surface area contributed by atoms with E-state index in [0.717, 1.165) is 0 Å². The monoisotopic (exact) mass is 393 g/mol. The van der Waals surface area contributed by atoms with Crippen LogP contribution in [0.4, 0.5) is 0 Å². The standard InChI is InChI=1S/C21H19N3O5/c1-11-7-15(8-12(2)18(11)25)17-9-16(20(27)24-23-17)19(26)22-10-13-3-5-14(6-4-13)21(28)29/h3-9,25H,10H2,1-2H3,(H,22,26)(H,24,27)(H,28,29). The third-order valence-corrected chi connectivity index (χ3v) is 4.49. The van der Waals surface area contributed by atoms with Crippen LogP contribution in [0.1, 0.15) is 37.4 Å². The molecular formula is C21H19N3O5. The number of carbonyl (C=O) groups is 2. The van der Waals surface area contributed by atoms with Gasteiger partial charge in [-0.2, -0.15) is 5.10 Å². The Labute approximate surface area is 165 Å². The predicted octanol–water partition coefficient (Wildman–Crippen LogP) is 2.39. The number of aryl methyl sites for hydroxylation is 2. The van der Waals surface area contributed by atoms with E-state index >= 15 is 0 Å². The normalized spacial score (nSPS) is 10.6. The zero-order valence-electron chi connectivity index (χ0n) is 15.8. The van der Waals surface area contributed by atoms with Gasteiger partial charge in [-0.1, -0.05) is 12.1 Å². The lowest BCUT2D eigenvalue weighted by Crippen LogP contribution is -2.29. The van der Waals surface area contributed by atoms with Crippen molar-refractivity contribution in [3.63, 3.8) is 0 Å². The first-order valence-electron chi connectivity index (χ1n) is 8.77. The minimum absolute atomic E-state index is 0.0967. The zero-order valence-corrected chi connectivity index (χ0v) is 15.8. The number of benzene rings is 2. The van der Waals surface area contributed by atoms with Gasteiger partial charge in [0.1, 0.15) is 11.3 Å². The van der Waals surface area contributed by atoms with Crippen LogP contribution in [-0.4, -0.2) is 32.3 Å². The van der Waals surface area contributed by atoms with Gasteiger partial charge < -0.3 is 15.5 Å². The van der Waals surface area contributed by atoms with Crippen LogP contribution in [0.2, 0.25) is 0 Å². The second kappa shape index (κ2) is 7.97. The van der Waals surface area contributed by atoms with Gasteiger partial charge in [0.2, 0.25) is 0 Å². The van der Waals surface area contributed by atoms with E-state index in [4.69, 9.17) is 5.11 Å². The number of nitrogens with zero attached hydrogens (tertiary/aromatic N) is 1. The molecule has 0 atom stereocenters. The highest BCUT2D eigenvalue weighted by molar-refractivity contribution is 5.94. The topological polar surface area (TPSA) is 132 Å². The maximum absolute atomic E-state index is 12.5. The number of carboxylic acid groups (broad SMARTS) is 1. The van der Waals surface area contributed by atoms with Gasteiger partial charge in [0, 0.05) is 12.1 Å². The number of aromatic hydroxyl groups is 1. The average molecular weight is 393 g/mol. The van der Waals surface area contributed by atoms with E-state index in [1.807, 2.05) is 0 Å². The summed E-state index contributed by atoms with van der Waals surface area (Å²) in [5, 5.41) is 27.8. The van der Waals surface area contributed by atoms with Crippen molar-refractivity contribution in [3.8, 4) is 17.0 Å². The largest absolute Gasteiger partial charge is 0.507 e. The summed E-state index contributed by atoms with van der Waals surface area (Å²) >= 11 is 0. The molecule has 0 unspecified atom stereocenters. The van der Waals surface area contributed by atoms with Crippen molar-refractivity contribution < 1.29 is 19.8 Å². The maximum atomic E-state index is 12.5. The molecule has 0 aliphatic heterocycles. The van der Waals surface area contributed by atoms with Gasteiger partial charge in [0.15, 0.2) is 0 Å². The second-order valence-corrected chi connectivity index (χ2v) is 6.64. The fourth-order valence-electron chi connectivity index (χ4n) is 2.87. The highest BCUT2D eigenvalue weighted by atomic mass is 16.4. The summed E-state index contributed by atoms with van der Waals surface area (Å²) in [4.78, 5) is 35.5. The van der Waals surface area contributed by atoms with Crippen LogP contribution in [0, 0.1) is 13.8 Å². The molecule has 0 saturated heterocycles. The molecule has 8 nitrogen and oxygen atoms in total. The van der Waals surface area contributed by atoms with Crippen molar-refractivity contribution in [1.82, 2.24) is 15.5 Å². The van der Waals surface area contributed by atoms with E-state index in [0.29, 0.717) is 27.9 Å². The summed E-state index contributed by atoms with van der Waals surface area (Å²) in [7, 11) is 0. The smallest absolute Gasteiger partial charge is 0.335 e. The number of rotatable bonds is 5. The number of aromatic amines is 1. The van der Waals surface area contributed by atoms with E-state index < -0.39 is 17.4 Å². The number of phenols is 1. The Morgan fingerprint density at radius 1 is 1.07 bits per heavy atom. The van der Waals surface area contributed by atoms with Gasteiger partial charge in [0.05, 0.1) is 11.3 Å². The van der Waals surface area contributed by atoms with E-state index in [9.17, 15) is 19.5 Å². The van der Waals surface area contributed by atoms with Crippen LogP contribution < -0.4 is 10.9 Å². The Hall–Kier alpha value is -3.94. The minimum Gasteiger partial charge on any atom is -0.507 e. The molecule has 0 fully saturated rings. The Morgan fingerprint density at radius 2 is 1.69 bits per heavy atom. The predicted molar refractivity (Wildman–Crippen MR) is 106 cm³/mol. The number of carbonyl (C=O) groups excluding carboxylic acids is 1. The number of carboxylic acids is 1. The molecule has 1 aromatic heterocycles. The summed E-state index contributed by atoms with van der Waals surface area (Å²) in [5.41, 5.74) is 2.49. The third kappa shape index (κ3) is 4.32. The van der Waals surface area contributed by atoms with Crippen LogP contribution in [-0.2, 0) is 6.54 Å². The number of amides is 1. The lowest BCUT2D eigenvalue weighted by molar-refractivity contribution is 0.0696. The average Bonchev–Trinajstić information content (AvgIpc) is 2.70. The number of phenolic OH excluding ortho intramolecular Hbond substituents is 1. The van der Waals surface area contributed by atoms with Crippen LogP contribution in [0.15, 0.2) is 47.3 Å². The Morgan fingerprint density at radius 3 is 2.28 bits per heavy atom. The molecule has 3 aromatic rings. The molecule has 0 aliphatic carbocycles. The highest BCUT2D eigenvalue weighted by Gasteiger charge is 2.14.